The van der Waals surface area contributed by atoms with E-state index in [9.17, 15) is 9.18 Å². The summed E-state index contributed by atoms with van der Waals surface area (Å²) in [7, 11) is 0. The van der Waals surface area contributed by atoms with E-state index in [1.165, 1.54) is 18.2 Å². The van der Waals surface area contributed by atoms with Crippen molar-refractivity contribution in [2.45, 2.75) is 0 Å². The van der Waals surface area contributed by atoms with E-state index in [2.05, 4.69) is 31.2 Å². The smallest absolute Gasteiger partial charge is 0.364 e. The summed E-state index contributed by atoms with van der Waals surface area (Å²) < 4.78 is 19.9. The molecule has 0 aliphatic rings. The van der Waals surface area contributed by atoms with Gasteiger partial charge in [0.05, 0.1) is 4.47 Å². The van der Waals surface area contributed by atoms with Crippen molar-refractivity contribution < 1.29 is 9.13 Å². The van der Waals surface area contributed by atoms with Gasteiger partial charge >= 0.3 is 5.69 Å². The molecule has 1 N–H and O–H groups in total. The fourth-order valence-corrected chi connectivity index (χ4v) is 1.94. The summed E-state index contributed by atoms with van der Waals surface area (Å²) in [5, 5.41) is 9.98. The average Bonchev–Trinajstić information content (AvgIpc) is 2.75. The molecule has 0 spiro atoms. The molecule has 0 radical (unpaired) electrons. The van der Waals surface area contributed by atoms with Gasteiger partial charge in [-0.1, -0.05) is 0 Å². The van der Waals surface area contributed by atoms with Crippen LogP contribution >= 0.6 is 15.9 Å². The van der Waals surface area contributed by atoms with E-state index >= 15 is 0 Å². The molecule has 8 heteroatoms. The lowest BCUT2D eigenvalue weighted by atomic mass is 10.3. The van der Waals surface area contributed by atoms with E-state index in [-0.39, 0.29) is 11.7 Å². The number of halogens is 2. The Bertz CT molecular complexity index is 814. The number of hydrogen-bond acceptors (Lipinski definition) is 4. The first kappa shape index (κ1) is 11.8. The number of fused-ring (bicyclic) bond motifs is 1. The minimum Gasteiger partial charge on any atom is -0.436 e. The van der Waals surface area contributed by atoms with Gasteiger partial charge in [-0.2, -0.15) is 9.61 Å². The third kappa shape index (κ3) is 2.22. The van der Waals surface area contributed by atoms with Crippen LogP contribution in [0.1, 0.15) is 0 Å². The number of aromatic nitrogens is 4. The van der Waals surface area contributed by atoms with Crippen LogP contribution in [-0.2, 0) is 0 Å². The van der Waals surface area contributed by atoms with E-state index < -0.39 is 5.69 Å². The number of ether oxygens (including phenoxy) is 1. The third-order valence-corrected chi connectivity index (χ3v) is 2.98. The average molecular weight is 325 g/mol. The molecule has 19 heavy (non-hydrogen) atoms. The van der Waals surface area contributed by atoms with Crippen LogP contribution in [0.25, 0.3) is 5.65 Å². The van der Waals surface area contributed by atoms with Gasteiger partial charge in [-0.25, -0.2) is 14.3 Å². The zero-order valence-corrected chi connectivity index (χ0v) is 10.9. The van der Waals surface area contributed by atoms with Gasteiger partial charge in [0.1, 0.15) is 11.6 Å². The van der Waals surface area contributed by atoms with Crippen molar-refractivity contribution in [1.82, 2.24) is 19.8 Å². The molecule has 0 saturated carbocycles. The van der Waals surface area contributed by atoms with Crippen LogP contribution in [0.5, 0.6) is 11.6 Å². The van der Waals surface area contributed by atoms with Crippen LogP contribution in [0.15, 0.2) is 39.6 Å². The molecule has 0 fully saturated rings. The highest BCUT2D eigenvalue weighted by molar-refractivity contribution is 9.10. The fraction of sp³-hybridized carbons (Fsp3) is 0. The summed E-state index contributed by atoms with van der Waals surface area (Å²) in [5.74, 6) is 0.210. The summed E-state index contributed by atoms with van der Waals surface area (Å²) in [6.07, 6.45) is 0. The summed E-state index contributed by atoms with van der Waals surface area (Å²) in [6, 6.07) is 7.15. The maximum atomic E-state index is 12.9. The predicted molar refractivity (Wildman–Crippen MR) is 67.8 cm³/mol. The molecule has 0 atom stereocenters. The lowest BCUT2D eigenvalue weighted by Gasteiger charge is -2.06. The molecule has 0 amide bonds. The monoisotopic (exact) mass is 324 g/mol. The largest absolute Gasteiger partial charge is 0.436 e. The Hall–Kier alpha value is -2.22. The Kier molecular flexibility index (Phi) is 2.79. The summed E-state index contributed by atoms with van der Waals surface area (Å²) in [4.78, 5) is 11.4. The van der Waals surface area contributed by atoms with Crippen molar-refractivity contribution in [1.29, 1.82) is 0 Å². The van der Waals surface area contributed by atoms with E-state index in [1.807, 2.05) is 0 Å². The Labute approximate surface area is 114 Å². The Morgan fingerprint density at radius 3 is 2.95 bits per heavy atom. The van der Waals surface area contributed by atoms with Crippen LogP contribution in [0.2, 0.25) is 0 Å². The van der Waals surface area contributed by atoms with Gasteiger partial charge in [0.15, 0.2) is 5.65 Å². The lowest BCUT2D eigenvalue weighted by molar-refractivity contribution is 0.447. The maximum Gasteiger partial charge on any atom is 0.364 e. The van der Waals surface area contributed by atoms with Crippen molar-refractivity contribution in [2.75, 3.05) is 0 Å². The van der Waals surface area contributed by atoms with Gasteiger partial charge in [-0.05, 0) is 40.2 Å². The van der Waals surface area contributed by atoms with Gasteiger partial charge in [-0.3, -0.25) is 0 Å². The second kappa shape index (κ2) is 4.47. The van der Waals surface area contributed by atoms with Gasteiger partial charge < -0.3 is 4.74 Å². The van der Waals surface area contributed by atoms with Crippen molar-refractivity contribution >= 4 is 21.6 Å². The molecule has 96 valence electrons. The molecule has 3 rings (SSSR count). The zero-order valence-electron chi connectivity index (χ0n) is 9.30. The van der Waals surface area contributed by atoms with Crippen LogP contribution in [0.3, 0.4) is 0 Å². The molecule has 1 aromatic carbocycles. The van der Waals surface area contributed by atoms with Crippen molar-refractivity contribution in [3.63, 3.8) is 0 Å². The maximum absolute atomic E-state index is 12.9. The SMILES string of the molecule is O=c1[nH]nc2ccc(Oc3ccc(F)cc3Br)nn12. The normalized spacial score (nSPS) is 10.8. The number of rotatable bonds is 2. The quantitative estimate of drug-likeness (QED) is 0.783. The molecule has 0 bridgehead atoms. The van der Waals surface area contributed by atoms with Gasteiger partial charge in [0.2, 0.25) is 5.88 Å². The summed E-state index contributed by atoms with van der Waals surface area (Å²) in [6.45, 7) is 0. The molecule has 3 aromatic rings. The number of nitrogens with zero attached hydrogens (tertiary/aromatic N) is 3. The minimum atomic E-state index is -0.460. The van der Waals surface area contributed by atoms with Crippen LogP contribution in [-0.4, -0.2) is 19.8 Å². The molecule has 0 aliphatic heterocycles. The van der Waals surface area contributed by atoms with E-state index in [4.69, 9.17) is 4.74 Å². The molecule has 0 aliphatic carbocycles. The van der Waals surface area contributed by atoms with Gasteiger partial charge in [0.25, 0.3) is 0 Å². The Morgan fingerprint density at radius 1 is 1.32 bits per heavy atom. The fourth-order valence-electron chi connectivity index (χ4n) is 1.51. The summed E-state index contributed by atoms with van der Waals surface area (Å²) in [5.41, 5.74) is -0.0749. The summed E-state index contributed by atoms with van der Waals surface area (Å²) >= 11 is 3.18. The molecule has 0 unspecified atom stereocenters. The lowest BCUT2D eigenvalue weighted by Crippen LogP contribution is -2.12. The second-order valence-corrected chi connectivity index (χ2v) is 4.50. The highest BCUT2D eigenvalue weighted by atomic mass is 79.9. The topological polar surface area (TPSA) is 72.3 Å². The molecular formula is C11H6BrFN4O2. The number of nitrogens with one attached hydrogen (secondary N) is 1. The third-order valence-electron chi connectivity index (χ3n) is 2.36. The molecule has 0 saturated heterocycles. The van der Waals surface area contributed by atoms with Crippen LogP contribution in [0, 0.1) is 5.82 Å². The number of aromatic amines is 1. The van der Waals surface area contributed by atoms with E-state index in [0.29, 0.717) is 15.9 Å². The van der Waals surface area contributed by atoms with Crippen LogP contribution < -0.4 is 10.4 Å². The highest BCUT2D eigenvalue weighted by Gasteiger charge is 2.07. The Morgan fingerprint density at radius 2 is 2.16 bits per heavy atom. The molecular weight excluding hydrogens is 319 g/mol. The first-order valence-electron chi connectivity index (χ1n) is 5.21. The standard InChI is InChI=1S/C11H6BrFN4O2/c12-7-5-6(13)1-2-8(7)19-10-4-3-9-14-15-11(18)17(9)16-10/h1-5H,(H,15,18). The minimum absolute atomic E-state index is 0.198. The van der Waals surface area contributed by atoms with Crippen molar-refractivity contribution in [3.8, 4) is 11.6 Å². The Balaban J connectivity index is 2.00. The van der Waals surface area contributed by atoms with Crippen molar-refractivity contribution in [2.24, 2.45) is 0 Å². The number of hydrogen-bond donors (Lipinski definition) is 1. The van der Waals surface area contributed by atoms with E-state index in [0.717, 1.165) is 4.52 Å². The second-order valence-electron chi connectivity index (χ2n) is 3.65. The van der Waals surface area contributed by atoms with E-state index in [1.54, 1.807) is 12.1 Å². The van der Waals surface area contributed by atoms with Crippen molar-refractivity contribution in [3.05, 3.63) is 51.1 Å². The van der Waals surface area contributed by atoms with Crippen LogP contribution in [0.4, 0.5) is 4.39 Å². The predicted octanol–water partition coefficient (Wildman–Crippen LogP) is 2.11. The first-order chi connectivity index (χ1) is 9.13. The zero-order chi connectivity index (χ0) is 13.4. The van der Waals surface area contributed by atoms with Gasteiger partial charge in [0, 0.05) is 6.07 Å². The van der Waals surface area contributed by atoms with Gasteiger partial charge in [-0.15, -0.1) is 5.10 Å². The number of H-pyrrole nitrogens is 1. The molecule has 2 aromatic heterocycles. The highest BCUT2D eigenvalue weighted by Crippen LogP contribution is 2.29. The molecule has 6 nitrogen and oxygen atoms in total. The molecule has 2 heterocycles. The first-order valence-corrected chi connectivity index (χ1v) is 6.00. The number of benzene rings is 1.